The Hall–Kier alpha value is -2.21. The molecule has 3 aromatic rings. The first-order chi connectivity index (χ1) is 12.4. The third kappa shape index (κ3) is 3.26. The maximum Gasteiger partial charge on any atom is 0.416 e. The molecule has 4 rings (SSSR count). The molecule has 0 radical (unpaired) electrons. The van der Waals surface area contributed by atoms with E-state index in [1.54, 1.807) is 0 Å². The lowest BCUT2D eigenvalue weighted by molar-refractivity contribution is -0.137. The summed E-state index contributed by atoms with van der Waals surface area (Å²) in [6.45, 7) is 2.11. The van der Waals surface area contributed by atoms with Crippen LogP contribution in [-0.4, -0.2) is 23.1 Å². The molecule has 1 aromatic heterocycles. The van der Waals surface area contributed by atoms with Gasteiger partial charge in [-0.1, -0.05) is 11.6 Å². The summed E-state index contributed by atoms with van der Waals surface area (Å²) in [6.07, 6.45) is -0.774. The monoisotopic (exact) mass is 379 g/mol. The normalized spacial score (nSPS) is 15.6. The summed E-state index contributed by atoms with van der Waals surface area (Å²) in [6, 6.07) is 9.86. The number of aromatic nitrogens is 2. The first kappa shape index (κ1) is 17.2. The highest BCUT2D eigenvalue weighted by molar-refractivity contribution is 6.35. The average Bonchev–Trinajstić information content (AvgIpc) is 3.07. The van der Waals surface area contributed by atoms with E-state index >= 15 is 0 Å². The zero-order valence-electron chi connectivity index (χ0n) is 13.9. The number of nitrogens with one attached hydrogen (secondary N) is 1. The number of nitrogens with zero attached hydrogens (tertiary/aromatic N) is 2. The second kappa shape index (κ2) is 6.50. The van der Waals surface area contributed by atoms with Crippen LogP contribution in [0.1, 0.15) is 24.8 Å². The van der Waals surface area contributed by atoms with Crippen molar-refractivity contribution in [2.24, 2.45) is 0 Å². The van der Waals surface area contributed by atoms with Gasteiger partial charge in [0.05, 0.1) is 16.1 Å². The number of imidazole rings is 1. The van der Waals surface area contributed by atoms with Crippen molar-refractivity contribution in [3.8, 4) is 11.4 Å². The fourth-order valence-electron chi connectivity index (χ4n) is 3.36. The van der Waals surface area contributed by atoms with E-state index in [4.69, 9.17) is 11.6 Å². The fraction of sp³-hybridized carbons (Fsp3) is 0.316. The number of piperidine rings is 1. The summed E-state index contributed by atoms with van der Waals surface area (Å²) >= 11 is 6.01. The van der Waals surface area contributed by atoms with Crippen molar-refractivity contribution in [3.05, 3.63) is 47.0 Å². The molecule has 7 heteroatoms. The molecule has 1 aliphatic rings. The van der Waals surface area contributed by atoms with Gasteiger partial charge >= 0.3 is 6.18 Å². The quantitative estimate of drug-likeness (QED) is 0.601. The Labute approximate surface area is 153 Å². The van der Waals surface area contributed by atoms with E-state index in [-0.39, 0.29) is 10.5 Å². The van der Waals surface area contributed by atoms with Crippen LogP contribution in [0.15, 0.2) is 36.4 Å². The summed E-state index contributed by atoms with van der Waals surface area (Å²) in [5.41, 5.74) is 1.80. The molecular weight excluding hydrogens is 363 g/mol. The van der Waals surface area contributed by atoms with Crippen molar-refractivity contribution < 1.29 is 13.2 Å². The molecule has 0 aliphatic carbocycles. The van der Waals surface area contributed by atoms with Gasteiger partial charge in [0.25, 0.3) is 0 Å². The number of anilines is 1. The van der Waals surface area contributed by atoms with E-state index in [0.717, 1.165) is 36.5 Å². The van der Waals surface area contributed by atoms with Crippen molar-refractivity contribution in [2.75, 3.05) is 18.0 Å². The topological polar surface area (TPSA) is 31.9 Å². The lowest BCUT2D eigenvalue weighted by Crippen LogP contribution is -2.29. The number of fused-ring (bicyclic) bond motifs is 1. The van der Waals surface area contributed by atoms with E-state index in [2.05, 4.69) is 14.9 Å². The van der Waals surface area contributed by atoms with Gasteiger partial charge in [0.2, 0.25) is 0 Å². The largest absolute Gasteiger partial charge is 0.416 e. The number of aromatic amines is 1. The Kier molecular flexibility index (Phi) is 4.31. The lowest BCUT2D eigenvalue weighted by atomic mass is 10.1. The summed E-state index contributed by atoms with van der Waals surface area (Å²) in [5.74, 6) is 0.506. The summed E-state index contributed by atoms with van der Waals surface area (Å²) in [7, 11) is 0. The molecule has 0 atom stereocenters. The van der Waals surface area contributed by atoms with Crippen LogP contribution in [0.4, 0.5) is 18.9 Å². The molecule has 2 heterocycles. The van der Waals surface area contributed by atoms with E-state index in [0.29, 0.717) is 11.3 Å². The van der Waals surface area contributed by atoms with Gasteiger partial charge in [0.1, 0.15) is 11.3 Å². The third-order valence-corrected chi connectivity index (χ3v) is 5.02. The smallest absolute Gasteiger partial charge is 0.372 e. The fourth-order valence-corrected chi connectivity index (χ4v) is 3.62. The van der Waals surface area contributed by atoms with E-state index < -0.39 is 11.7 Å². The minimum Gasteiger partial charge on any atom is -0.372 e. The zero-order valence-corrected chi connectivity index (χ0v) is 14.7. The number of halogens is 4. The average molecular weight is 380 g/mol. The highest BCUT2D eigenvalue weighted by Gasteiger charge is 2.31. The minimum absolute atomic E-state index is 0.0118. The molecule has 1 N–H and O–H groups in total. The molecule has 1 aliphatic heterocycles. The summed E-state index contributed by atoms with van der Waals surface area (Å²) in [5, 5.41) is -0.0118. The van der Waals surface area contributed by atoms with Crippen LogP contribution < -0.4 is 4.90 Å². The zero-order chi connectivity index (χ0) is 18.3. The van der Waals surface area contributed by atoms with Gasteiger partial charge in [-0.2, -0.15) is 13.2 Å². The van der Waals surface area contributed by atoms with Gasteiger partial charge in [-0.3, -0.25) is 0 Å². The second-order valence-corrected chi connectivity index (χ2v) is 6.94. The second-order valence-electron chi connectivity index (χ2n) is 6.53. The summed E-state index contributed by atoms with van der Waals surface area (Å²) in [4.78, 5) is 9.68. The standard InChI is InChI=1S/C19H17ClF3N3/c20-15-10-13(19(21,22)23)11-16-17(15)25-18(24-16)12-4-6-14(7-5-12)26-8-2-1-3-9-26/h4-7,10-11H,1-3,8-9H2,(H,24,25). The lowest BCUT2D eigenvalue weighted by Gasteiger charge is -2.28. The molecule has 1 saturated heterocycles. The molecule has 3 nitrogen and oxygen atoms in total. The minimum atomic E-state index is -4.45. The number of hydrogen-bond donors (Lipinski definition) is 1. The molecule has 2 aromatic carbocycles. The van der Waals surface area contributed by atoms with Gasteiger partial charge in [-0.05, 0) is 55.7 Å². The Bertz CT molecular complexity index is 926. The number of hydrogen-bond acceptors (Lipinski definition) is 2. The van der Waals surface area contributed by atoms with Crippen molar-refractivity contribution in [3.63, 3.8) is 0 Å². The first-order valence-corrected chi connectivity index (χ1v) is 8.91. The van der Waals surface area contributed by atoms with Crippen LogP contribution in [0, 0.1) is 0 Å². The Morgan fingerprint density at radius 3 is 2.35 bits per heavy atom. The Morgan fingerprint density at radius 2 is 1.69 bits per heavy atom. The predicted molar refractivity (Wildman–Crippen MR) is 97.6 cm³/mol. The van der Waals surface area contributed by atoms with Gasteiger partial charge < -0.3 is 9.88 Å². The van der Waals surface area contributed by atoms with Crippen molar-refractivity contribution >= 4 is 28.3 Å². The summed E-state index contributed by atoms with van der Waals surface area (Å²) < 4.78 is 38.8. The number of H-pyrrole nitrogens is 1. The first-order valence-electron chi connectivity index (χ1n) is 8.54. The van der Waals surface area contributed by atoms with Crippen LogP contribution in [-0.2, 0) is 6.18 Å². The maximum absolute atomic E-state index is 12.9. The van der Waals surface area contributed by atoms with Gasteiger partial charge in [0.15, 0.2) is 0 Å². The molecule has 0 spiro atoms. The number of alkyl halides is 3. The molecule has 26 heavy (non-hydrogen) atoms. The maximum atomic E-state index is 12.9. The van der Waals surface area contributed by atoms with Crippen LogP contribution in [0.25, 0.3) is 22.4 Å². The van der Waals surface area contributed by atoms with Crippen molar-refractivity contribution in [2.45, 2.75) is 25.4 Å². The van der Waals surface area contributed by atoms with Crippen LogP contribution in [0.3, 0.4) is 0 Å². The van der Waals surface area contributed by atoms with Gasteiger partial charge in [-0.15, -0.1) is 0 Å². The molecule has 0 saturated carbocycles. The number of rotatable bonds is 2. The molecule has 0 unspecified atom stereocenters. The molecule has 0 amide bonds. The SMILES string of the molecule is FC(F)(F)c1cc(Cl)c2nc(-c3ccc(N4CCCCC4)cc3)[nH]c2c1. The van der Waals surface area contributed by atoms with Gasteiger partial charge in [-0.25, -0.2) is 4.98 Å². The van der Waals surface area contributed by atoms with E-state index in [9.17, 15) is 13.2 Å². The molecule has 1 fully saturated rings. The van der Waals surface area contributed by atoms with Crippen LogP contribution in [0.5, 0.6) is 0 Å². The van der Waals surface area contributed by atoms with Gasteiger partial charge in [0, 0.05) is 24.3 Å². The highest BCUT2D eigenvalue weighted by atomic mass is 35.5. The number of benzene rings is 2. The van der Waals surface area contributed by atoms with Crippen molar-refractivity contribution in [1.29, 1.82) is 0 Å². The highest BCUT2D eigenvalue weighted by Crippen LogP contribution is 2.35. The third-order valence-electron chi connectivity index (χ3n) is 4.73. The van der Waals surface area contributed by atoms with Crippen LogP contribution >= 0.6 is 11.6 Å². The van der Waals surface area contributed by atoms with E-state index in [1.807, 2.05) is 24.3 Å². The predicted octanol–water partition coefficient (Wildman–Crippen LogP) is 5.89. The Balaban J connectivity index is 1.67. The molecule has 136 valence electrons. The molecular formula is C19H17ClF3N3. The van der Waals surface area contributed by atoms with Crippen molar-refractivity contribution in [1.82, 2.24) is 9.97 Å². The Morgan fingerprint density at radius 1 is 1.00 bits per heavy atom. The van der Waals surface area contributed by atoms with E-state index in [1.165, 1.54) is 19.3 Å². The molecule has 0 bridgehead atoms. The van der Waals surface area contributed by atoms with Crippen LogP contribution in [0.2, 0.25) is 5.02 Å².